The summed E-state index contributed by atoms with van der Waals surface area (Å²) in [5.74, 6) is -0.794. The fourth-order valence-corrected chi connectivity index (χ4v) is 3.08. The van der Waals surface area contributed by atoms with Crippen molar-refractivity contribution < 1.29 is 14.6 Å². The maximum atomic E-state index is 12.5. The van der Waals surface area contributed by atoms with Gasteiger partial charge < -0.3 is 14.4 Å². The third-order valence-corrected chi connectivity index (χ3v) is 4.53. The van der Waals surface area contributed by atoms with Gasteiger partial charge in [-0.3, -0.25) is 4.79 Å². The topological polar surface area (TPSA) is 68.5 Å². The lowest BCUT2D eigenvalue weighted by molar-refractivity contribution is 0.0609. The van der Waals surface area contributed by atoms with Gasteiger partial charge in [-0.2, -0.15) is 0 Å². The Kier molecular flexibility index (Phi) is 5.02. The Labute approximate surface area is 144 Å². The minimum absolute atomic E-state index is 0.213. The van der Waals surface area contributed by atoms with Gasteiger partial charge in [0.1, 0.15) is 5.56 Å². The number of halogens is 1. The quantitative estimate of drug-likeness (QED) is 0.921. The van der Waals surface area contributed by atoms with E-state index in [2.05, 4.69) is 0 Å². The monoisotopic (exact) mass is 347 g/mol. The zero-order chi connectivity index (χ0) is 17.1. The number of nitrogens with zero attached hydrogens (tertiary/aromatic N) is 1. The molecule has 2 aromatic rings. The highest BCUT2D eigenvalue weighted by Crippen LogP contribution is 2.21. The van der Waals surface area contributed by atoms with Crippen LogP contribution in [0.15, 0.2) is 41.5 Å². The molecule has 1 aromatic carbocycles. The molecule has 3 rings (SSSR count). The lowest BCUT2D eigenvalue weighted by Crippen LogP contribution is -2.24. The summed E-state index contributed by atoms with van der Waals surface area (Å²) in [4.78, 5) is 23.9. The minimum atomic E-state index is -1.21. The van der Waals surface area contributed by atoms with Crippen LogP contribution in [0.5, 0.6) is 0 Å². The zero-order valence-electron chi connectivity index (χ0n) is 13.1. The van der Waals surface area contributed by atoms with Gasteiger partial charge >= 0.3 is 5.97 Å². The number of ether oxygens (including phenoxy) is 1. The summed E-state index contributed by atoms with van der Waals surface area (Å²) in [7, 11) is 0. The number of rotatable bonds is 4. The Balaban J connectivity index is 2.01. The largest absolute Gasteiger partial charge is 0.477 e. The van der Waals surface area contributed by atoms with Gasteiger partial charge in [-0.25, -0.2) is 4.79 Å². The van der Waals surface area contributed by atoms with Crippen molar-refractivity contribution in [2.24, 2.45) is 5.92 Å². The van der Waals surface area contributed by atoms with E-state index in [1.54, 1.807) is 30.5 Å². The first kappa shape index (κ1) is 16.7. The number of pyridine rings is 1. The summed E-state index contributed by atoms with van der Waals surface area (Å²) < 4.78 is 7.17. The van der Waals surface area contributed by atoms with E-state index in [4.69, 9.17) is 16.3 Å². The van der Waals surface area contributed by atoms with E-state index in [0.717, 1.165) is 26.1 Å². The zero-order valence-corrected chi connectivity index (χ0v) is 13.8. The van der Waals surface area contributed by atoms with Crippen LogP contribution in [-0.2, 0) is 11.3 Å². The average molecular weight is 348 g/mol. The molecule has 0 saturated carbocycles. The molecule has 0 amide bonds. The molecule has 0 bridgehead atoms. The predicted octanol–water partition coefficient (Wildman–Crippen LogP) is 3.29. The lowest BCUT2D eigenvalue weighted by Gasteiger charge is -2.23. The molecular weight excluding hydrogens is 330 g/mol. The molecule has 1 aliphatic rings. The second-order valence-corrected chi connectivity index (χ2v) is 6.42. The Morgan fingerprint density at radius 3 is 2.50 bits per heavy atom. The van der Waals surface area contributed by atoms with Crippen LogP contribution in [0, 0.1) is 5.92 Å². The SMILES string of the molecule is O=C(O)c1cn(CC2CCOCC2)cc(-c2ccc(Cl)cc2)c1=O. The standard InChI is InChI=1S/C18H18ClNO4/c19-14-3-1-13(2-4-14)15-10-20(9-12-5-7-24-8-6-12)11-16(17(15)21)18(22)23/h1-4,10-12H,5-9H2,(H,22,23). The average Bonchev–Trinajstić information content (AvgIpc) is 2.58. The van der Waals surface area contributed by atoms with E-state index in [9.17, 15) is 14.7 Å². The van der Waals surface area contributed by atoms with Crippen LogP contribution in [0.4, 0.5) is 0 Å². The van der Waals surface area contributed by atoms with Gasteiger partial charge in [0.15, 0.2) is 0 Å². The van der Waals surface area contributed by atoms with E-state index in [0.29, 0.717) is 28.6 Å². The number of benzene rings is 1. The Bertz CT molecular complexity index is 792. The van der Waals surface area contributed by atoms with Crippen LogP contribution in [0.2, 0.25) is 5.02 Å². The molecule has 2 heterocycles. The second kappa shape index (κ2) is 7.20. The van der Waals surface area contributed by atoms with E-state index in [1.807, 2.05) is 4.57 Å². The minimum Gasteiger partial charge on any atom is -0.477 e. The normalized spacial score (nSPS) is 15.4. The van der Waals surface area contributed by atoms with Gasteiger partial charge in [0.2, 0.25) is 5.43 Å². The molecule has 0 spiro atoms. The summed E-state index contributed by atoms with van der Waals surface area (Å²) in [6.07, 6.45) is 5.03. The first-order valence-electron chi connectivity index (χ1n) is 7.85. The van der Waals surface area contributed by atoms with Crippen molar-refractivity contribution in [3.05, 3.63) is 57.5 Å². The smallest absolute Gasteiger partial charge is 0.341 e. The summed E-state index contributed by atoms with van der Waals surface area (Å²) in [6, 6.07) is 6.83. The van der Waals surface area contributed by atoms with Gasteiger partial charge in [0.25, 0.3) is 0 Å². The number of aromatic nitrogens is 1. The number of hydrogen-bond acceptors (Lipinski definition) is 3. The molecule has 1 N–H and O–H groups in total. The molecule has 0 atom stereocenters. The third kappa shape index (κ3) is 3.68. The molecule has 0 unspecified atom stereocenters. The van der Waals surface area contributed by atoms with E-state index < -0.39 is 11.4 Å². The molecule has 0 radical (unpaired) electrons. The Hall–Kier alpha value is -2.11. The Morgan fingerprint density at radius 2 is 1.88 bits per heavy atom. The van der Waals surface area contributed by atoms with Gasteiger partial charge in [-0.1, -0.05) is 23.7 Å². The van der Waals surface area contributed by atoms with Crippen LogP contribution >= 0.6 is 11.6 Å². The first-order chi connectivity index (χ1) is 11.5. The van der Waals surface area contributed by atoms with E-state index in [-0.39, 0.29) is 5.56 Å². The summed E-state index contributed by atoms with van der Waals surface area (Å²) in [5, 5.41) is 9.92. The molecular formula is C18H18ClNO4. The number of carboxylic acids is 1. The Morgan fingerprint density at radius 1 is 1.21 bits per heavy atom. The van der Waals surface area contributed by atoms with Gasteiger partial charge in [-0.05, 0) is 36.5 Å². The van der Waals surface area contributed by atoms with Crippen molar-refractivity contribution in [1.82, 2.24) is 4.57 Å². The maximum Gasteiger partial charge on any atom is 0.341 e. The number of carboxylic acid groups (broad SMARTS) is 1. The molecule has 1 aromatic heterocycles. The molecule has 24 heavy (non-hydrogen) atoms. The highest BCUT2D eigenvalue weighted by Gasteiger charge is 2.18. The third-order valence-electron chi connectivity index (χ3n) is 4.27. The fourth-order valence-electron chi connectivity index (χ4n) is 2.95. The lowest BCUT2D eigenvalue weighted by atomic mass is 9.99. The van der Waals surface area contributed by atoms with Crippen molar-refractivity contribution in [3.63, 3.8) is 0 Å². The van der Waals surface area contributed by atoms with Crippen molar-refractivity contribution in [3.8, 4) is 11.1 Å². The van der Waals surface area contributed by atoms with Gasteiger partial charge in [-0.15, -0.1) is 0 Å². The summed E-state index contributed by atoms with van der Waals surface area (Å²) in [5.41, 5.74) is 0.342. The van der Waals surface area contributed by atoms with E-state index >= 15 is 0 Å². The molecule has 1 fully saturated rings. The molecule has 1 saturated heterocycles. The van der Waals surface area contributed by atoms with Crippen molar-refractivity contribution in [2.45, 2.75) is 19.4 Å². The van der Waals surface area contributed by atoms with Gasteiger partial charge in [0.05, 0.1) is 0 Å². The van der Waals surface area contributed by atoms with Crippen LogP contribution in [0.25, 0.3) is 11.1 Å². The van der Waals surface area contributed by atoms with Crippen molar-refractivity contribution >= 4 is 17.6 Å². The first-order valence-corrected chi connectivity index (χ1v) is 8.23. The second-order valence-electron chi connectivity index (χ2n) is 5.98. The van der Waals surface area contributed by atoms with Crippen LogP contribution < -0.4 is 5.43 Å². The van der Waals surface area contributed by atoms with Crippen molar-refractivity contribution in [1.29, 1.82) is 0 Å². The van der Waals surface area contributed by atoms with E-state index in [1.165, 1.54) is 6.20 Å². The highest BCUT2D eigenvalue weighted by atomic mass is 35.5. The molecule has 6 heteroatoms. The number of carbonyl (C=O) groups is 1. The summed E-state index contributed by atoms with van der Waals surface area (Å²) in [6.45, 7) is 2.12. The van der Waals surface area contributed by atoms with Crippen LogP contribution in [0.3, 0.4) is 0 Å². The number of aromatic carboxylic acids is 1. The maximum absolute atomic E-state index is 12.5. The fraction of sp³-hybridized carbons (Fsp3) is 0.333. The predicted molar refractivity (Wildman–Crippen MR) is 91.7 cm³/mol. The summed E-state index contributed by atoms with van der Waals surface area (Å²) >= 11 is 5.89. The molecule has 0 aliphatic carbocycles. The van der Waals surface area contributed by atoms with Gasteiger partial charge in [0, 0.05) is 42.7 Å². The highest BCUT2D eigenvalue weighted by molar-refractivity contribution is 6.30. The molecule has 5 nitrogen and oxygen atoms in total. The van der Waals surface area contributed by atoms with Crippen LogP contribution in [0.1, 0.15) is 23.2 Å². The number of hydrogen-bond donors (Lipinski definition) is 1. The van der Waals surface area contributed by atoms with Crippen molar-refractivity contribution in [2.75, 3.05) is 13.2 Å². The molecule has 126 valence electrons. The van der Waals surface area contributed by atoms with Crippen LogP contribution in [-0.4, -0.2) is 28.9 Å². The molecule has 1 aliphatic heterocycles.